The number of carbonyl (C=O) groups excluding carboxylic acids is 2. The molecule has 0 bridgehead atoms. The summed E-state index contributed by atoms with van der Waals surface area (Å²) < 4.78 is 43.3. The van der Waals surface area contributed by atoms with Gasteiger partial charge in [0, 0.05) is 21.4 Å². The van der Waals surface area contributed by atoms with Gasteiger partial charge in [0.15, 0.2) is 5.69 Å². The number of esters is 1. The number of carbonyl (C=O) groups is 2. The highest BCUT2D eigenvalue weighted by Gasteiger charge is 2.34. The van der Waals surface area contributed by atoms with Crippen LogP contribution in [0.2, 0.25) is 0 Å². The van der Waals surface area contributed by atoms with Crippen LogP contribution in [0, 0.1) is 3.57 Å². The Morgan fingerprint density at radius 3 is 2.50 bits per heavy atom. The molecule has 0 aliphatic rings. The van der Waals surface area contributed by atoms with E-state index in [9.17, 15) is 22.8 Å². The molecule has 5 nitrogen and oxygen atoms in total. The molecular weight excluding hydrogens is 460 g/mol. The number of thiazole rings is 1. The summed E-state index contributed by atoms with van der Waals surface area (Å²) in [7, 11) is 1.19. The molecule has 0 aliphatic carbocycles. The number of rotatable bonds is 3. The minimum Gasteiger partial charge on any atom is -0.465 e. The second-order valence-electron chi connectivity index (χ2n) is 4.59. The Morgan fingerprint density at radius 2 is 2.00 bits per heavy atom. The van der Waals surface area contributed by atoms with Crippen LogP contribution in [0.5, 0.6) is 0 Å². The number of alkyl halides is 3. The van der Waals surface area contributed by atoms with E-state index in [-0.39, 0.29) is 16.3 Å². The zero-order valence-electron chi connectivity index (χ0n) is 12.3. The maximum Gasteiger partial charge on any atom is 0.434 e. The van der Waals surface area contributed by atoms with Gasteiger partial charge in [-0.3, -0.25) is 4.79 Å². The molecule has 0 spiro atoms. The fraction of sp³-hybridized carbons (Fsp3) is 0.214. The lowest BCUT2D eigenvalue weighted by Gasteiger charge is -2.12. The normalized spacial score (nSPS) is 11.2. The van der Waals surface area contributed by atoms with E-state index in [1.165, 1.54) is 26.2 Å². The monoisotopic (exact) mass is 470 g/mol. The summed E-state index contributed by atoms with van der Waals surface area (Å²) in [5.41, 5.74) is -0.356. The summed E-state index contributed by atoms with van der Waals surface area (Å²) in [4.78, 5) is 26.7. The van der Waals surface area contributed by atoms with Crippen molar-refractivity contribution in [1.82, 2.24) is 4.98 Å². The first-order valence-corrected chi connectivity index (χ1v) is 8.32. The van der Waals surface area contributed by atoms with Crippen LogP contribution < -0.4 is 5.32 Å². The van der Waals surface area contributed by atoms with E-state index in [0.29, 0.717) is 9.13 Å². The van der Waals surface area contributed by atoms with Crippen molar-refractivity contribution >= 4 is 51.5 Å². The molecule has 128 valence electrons. The number of nitrogens with one attached hydrogen (secondary N) is 1. The number of amides is 1. The zero-order valence-corrected chi connectivity index (χ0v) is 15.3. The molecule has 2 rings (SSSR count). The highest BCUT2D eigenvalue weighted by atomic mass is 127. The average molecular weight is 470 g/mol. The van der Waals surface area contributed by atoms with Crippen LogP contribution in [0.15, 0.2) is 17.5 Å². The summed E-state index contributed by atoms with van der Waals surface area (Å²) in [6, 6.07) is 2.84. The molecule has 1 aromatic heterocycles. The number of nitrogens with zero attached hydrogens (tertiary/aromatic N) is 1. The van der Waals surface area contributed by atoms with Gasteiger partial charge in [-0.2, -0.15) is 13.2 Å². The van der Waals surface area contributed by atoms with Crippen molar-refractivity contribution in [3.05, 3.63) is 32.3 Å². The molecule has 0 fully saturated rings. The van der Waals surface area contributed by atoms with E-state index in [1.807, 2.05) is 22.6 Å². The Labute approximate surface area is 152 Å². The first-order valence-electron chi connectivity index (χ1n) is 6.36. The summed E-state index contributed by atoms with van der Waals surface area (Å²) in [6.07, 6.45) is -4.54. The number of ether oxygens (including phenoxy) is 1. The van der Waals surface area contributed by atoms with E-state index in [4.69, 9.17) is 0 Å². The van der Waals surface area contributed by atoms with Crippen LogP contribution in [0.25, 0.3) is 10.6 Å². The fourth-order valence-electron chi connectivity index (χ4n) is 1.84. The van der Waals surface area contributed by atoms with Crippen LogP contribution in [0.1, 0.15) is 23.0 Å². The SMILES string of the molecule is COC(=O)c1cc(I)c(-c2nc(C(F)(F)F)cs2)cc1NC(C)=O. The fourth-order valence-corrected chi connectivity index (χ4v) is 3.60. The van der Waals surface area contributed by atoms with E-state index in [0.717, 1.165) is 16.7 Å². The lowest BCUT2D eigenvalue weighted by molar-refractivity contribution is -0.140. The predicted octanol–water partition coefficient (Wildman–Crippen LogP) is 4.18. The van der Waals surface area contributed by atoms with Crippen LogP contribution in [-0.4, -0.2) is 24.0 Å². The molecule has 0 aliphatic heterocycles. The first kappa shape index (κ1) is 18.6. The molecule has 0 saturated carbocycles. The molecule has 24 heavy (non-hydrogen) atoms. The van der Waals surface area contributed by atoms with Crippen molar-refractivity contribution in [2.24, 2.45) is 0 Å². The standard InChI is InChI=1S/C14H10F3IN2O3S/c1-6(21)19-10-4-7(9(18)3-8(10)13(22)23-2)12-20-11(5-24-12)14(15,16)17/h3-5H,1-2H3,(H,19,21). The lowest BCUT2D eigenvalue weighted by atomic mass is 10.1. The number of halogens is 4. The van der Waals surface area contributed by atoms with Gasteiger partial charge < -0.3 is 10.1 Å². The molecule has 10 heteroatoms. The second-order valence-corrected chi connectivity index (χ2v) is 6.61. The smallest absolute Gasteiger partial charge is 0.434 e. The summed E-state index contributed by atoms with van der Waals surface area (Å²) in [5.74, 6) is -1.10. The molecule has 1 heterocycles. The molecule has 1 N–H and O–H groups in total. The molecule has 0 unspecified atom stereocenters. The molecule has 2 aromatic rings. The third kappa shape index (κ3) is 4.04. The summed E-state index contributed by atoms with van der Waals surface area (Å²) >= 11 is 2.71. The van der Waals surface area contributed by atoms with Gasteiger partial charge >= 0.3 is 12.1 Å². The van der Waals surface area contributed by atoms with Crippen molar-refractivity contribution in [3.8, 4) is 10.6 Å². The summed E-state index contributed by atoms with van der Waals surface area (Å²) in [5, 5.41) is 3.52. The van der Waals surface area contributed by atoms with Gasteiger partial charge in [0.2, 0.25) is 5.91 Å². The molecule has 1 amide bonds. The van der Waals surface area contributed by atoms with Crippen molar-refractivity contribution < 1.29 is 27.5 Å². The minimum absolute atomic E-state index is 0.105. The van der Waals surface area contributed by atoms with Crippen molar-refractivity contribution in [2.45, 2.75) is 13.1 Å². The number of anilines is 1. The number of hydrogen-bond acceptors (Lipinski definition) is 5. The van der Waals surface area contributed by atoms with Gasteiger partial charge in [-0.25, -0.2) is 9.78 Å². The minimum atomic E-state index is -4.54. The number of aromatic nitrogens is 1. The van der Waals surface area contributed by atoms with Crippen LogP contribution in [0.3, 0.4) is 0 Å². The van der Waals surface area contributed by atoms with Gasteiger partial charge in [-0.15, -0.1) is 11.3 Å². The molecule has 0 radical (unpaired) electrons. The van der Waals surface area contributed by atoms with Gasteiger partial charge in [-0.1, -0.05) is 0 Å². The first-order chi connectivity index (χ1) is 11.1. The molecule has 0 saturated heterocycles. The zero-order chi connectivity index (χ0) is 18.1. The van der Waals surface area contributed by atoms with Crippen molar-refractivity contribution in [3.63, 3.8) is 0 Å². The highest BCUT2D eigenvalue weighted by molar-refractivity contribution is 14.1. The largest absolute Gasteiger partial charge is 0.465 e. The van der Waals surface area contributed by atoms with Gasteiger partial charge in [0.25, 0.3) is 0 Å². The predicted molar refractivity (Wildman–Crippen MR) is 90.9 cm³/mol. The Morgan fingerprint density at radius 1 is 1.33 bits per heavy atom. The van der Waals surface area contributed by atoms with Gasteiger partial charge in [0.05, 0.1) is 18.4 Å². The third-order valence-corrected chi connectivity index (χ3v) is 4.62. The number of methoxy groups -OCH3 is 1. The van der Waals surface area contributed by atoms with Crippen LogP contribution >= 0.6 is 33.9 Å². The Hall–Kier alpha value is -1.69. The van der Waals surface area contributed by atoms with Crippen molar-refractivity contribution in [2.75, 3.05) is 12.4 Å². The average Bonchev–Trinajstić information content (AvgIpc) is 2.97. The maximum atomic E-state index is 12.7. The lowest BCUT2D eigenvalue weighted by Crippen LogP contribution is -2.12. The molecule has 1 aromatic carbocycles. The van der Waals surface area contributed by atoms with E-state index in [2.05, 4.69) is 15.0 Å². The van der Waals surface area contributed by atoms with E-state index < -0.39 is 23.7 Å². The third-order valence-electron chi connectivity index (χ3n) is 2.85. The quantitative estimate of drug-likeness (QED) is 0.540. The van der Waals surface area contributed by atoms with Crippen LogP contribution in [0.4, 0.5) is 18.9 Å². The van der Waals surface area contributed by atoms with E-state index >= 15 is 0 Å². The van der Waals surface area contributed by atoms with Gasteiger partial charge in [-0.05, 0) is 34.7 Å². The Balaban J connectivity index is 2.57. The Kier molecular flexibility index (Phi) is 5.48. The Bertz CT molecular complexity index is 805. The summed E-state index contributed by atoms with van der Waals surface area (Å²) in [6.45, 7) is 1.25. The van der Waals surface area contributed by atoms with Crippen LogP contribution in [-0.2, 0) is 15.7 Å². The number of hydrogen-bond donors (Lipinski definition) is 1. The van der Waals surface area contributed by atoms with Gasteiger partial charge in [0.1, 0.15) is 5.01 Å². The van der Waals surface area contributed by atoms with E-state index in [1.54, 1.807) is 0 Å². The molecular formula is C14H10F3IN2O3S. The number of benzene rings is 1. The highest BCUT2D eigenvalue weighted by Crippen LogP contribution is 2.37. The maximum absolute atomic E-state index is 12.7. The van der Waals surface area contributed by atoms with Crippen molar-refractivity contribution in [1.29, 1.82) is 0 Å². The topological polar surface area (TPSA) is 68.3 Å². The second kappa shape index (κ2) is 7.05. The molecule has 0 atom stereocenters.